The van der Waals surface area contributed by atoms with Gasteiger partial charge in [0.05, 0.1) is 16.2 Å². The molecule has 1 aromatic heterocycles. The summed E-state index contributed by atoms with van der Waals surface area (Å²) >= 11 is 0. The molecular weight excluding hydrogens is 469 g/mol. The summed E-state index contributed by atoms with van der Waals surface area (Å²) in [4.78, 5) is 18.9. The maximum Gasteiger partial charge on any atom is 0.425 e. The number of hydrogen-bond acceptors (Lipinski definition) is 5. The number of halogens is 3. The Morgan fingerprint density at radius 2 is 1.79 bits per heavy atom. The average molecular weight is 491 g/mol. The van der Waals surface area contributed by atoms with E-state index >= 15 is 0 Å². The molecule has 0 unspecified atom stereocenters. The molecule has 0 fully saturated rings. The van der Waals surface area contributed by atoms with Crippen molar-refractivity contribution < 1.29 is 31.1 Å². The highest BCUT2D eigenvalue weighted by atomic mass is 32.2. The van der Waals surface area contributed by atoms with Crippen molar-refractivity contribution >= 4 is 15.7 Å². The Balaban J connectivity index is 1.65. The third-order valence-electron chi connectivity index (χ3n) is 5.55. The van der Waals surface area contributed by atoms with Gasteiger partial charge in [0.25, 0.3) is 5.91 Å². The molecule has 10 heteroatoms. The van der Waals surface area contributed by atoms with Gasteiger partial charge in [-0.3, -0.25) is 9.78 Å². The standard InChI is InChI=1S/C24H21F3N2O4S/c1-15(24(25,26)27)33-22-9-8-19(34(2,31)32)12-20(22)23(30)29-13-17-7-6-16(11-18(17)14-29)21-5-3-4-10-28-21/h3-12,15H,13-14H2,1-2H3/t15-/m0/s1. The van der Waals surface area contributed by atoms with E-state index in [0.29, 0.717) is 0 Å². The van der Waals surface area contributed by atoms with E-state index in [-0.39, 0.29) is 29.3 Å². The van der Waals surface area contributed by atoms with Gasteiger partial charge < -0.3 is 9.64 Å². The van der Waals surface area contributed by atoms with Crippen molar-refractivity contribution in [3.05, 3.63) is 77.5 Å². The molecule has 3 aromatic rings. The SMILES string of the molecule is C[C@H](Oc1ccc(S(C)(=O)=O)cc1C(=O)N1Cc2ccc(-c3ccccn3)cc2C1)C(F)(F)F. The molecule has 6 nitrogen and oxygen atoms in total. The van der Waals surface area contributed by atoms with Gasteiger partial charge in [-0.25, -0.2) is 8.42 Å². The van der Waals surface area contributed by atoms with Crippen LogP contribution in [0.15, 0.2) is 65.7 Å². The first-order chi connectivity index (χ1) is 15.9. The highest BCUT2D eigenvalue weighted by molar-refractivity contribution is 7.90. The van der Waals surface area contributed by atoms with Gasteiger partial charge in [-0.2, -0.15) is 13.2 Å². The van der Waals surface area contributed by atoms with Crippen molar-refractivity contribution in [2.24, 2.45) is 0 Å². The number of fused-ring (bicyclic) bond motifs is 1. The molecule has 2 aromatic carbocycles. The molecule has 1 atom stereocenters. The van der Waals surface area contributed by atoms with Crippen molar-refractivity contribution in [1.82, 2.24) is 9.88 Å². The summed E-state index contributed by atoms with van der Waals surface area (Å²) in [6.45, 7) is 1.27. The Hall–Kier alpha value is -3.40. The predicted octanol–water partition coefficient (Wildman–Crippen LogP) is 4.64. The maximum absolute atomic E-state index is 13.4. The second-order valence-electron chi connectivity index (χ2n) is 8.09. The van der Waals surface area contributed by atoms with Crippen LogP contribution < -0.4 is 4.74 Å². The Bertz CT molecular complexity index is 1340. The average Bonchev–Trinajstić information content (AvgIpc) is 3.21. The summed E-state index contributed by atoms with van der Waals surface area (Å²) in [6.07, 6.45) is -4.20. The third-order valence-corrected chi connectivity index (χ3v) is 6.66. The van der Waals surface area contributed by atoms with E-state index in [9.17, 15) is 26.4 Å². The number of nitrogens with zero attached hydrogens (tertiary/aromatic N) is 2. The van der Waals surface area contributed by atoms with Crippen molar-refractivity contribution in [2.45, 2.75) is 37.2 Å². The number of hydrogen-bond donors (Lipinski definition) is 0. The number of amides is 1. The number of carbonyl (C=O) groups is 1. The molecule has 0 N–H and O–H groups in total. The van der Waals surface area contributed by atoms with Gasteiger partial charge in [-0.15, -0.1) is 0 Å². The zero-order chi connectivity index (χ0) is 24.7. The first kappa shape index (κ1) is 23.7. The fourth-order valence-electron chi connectivity index (χ4n) is 3.67. The molecule has 0 spiro atoms. The van der Waals surface area contributed by atoms with Crippen LogP contribution in [0.3, 0.4) is 0 Å². The van der Waals surface area contributed by atoms with Gasteiger partial charge in [0.15, 0.2) is 15.9 Å². The van der Waals surface area contributed by atoms with E-state index in [0.717, 1.165) is 53.8 Å². The van der Waals surface area contributed by atoms with E-state index in [1.54, 1.807) is 12.3 Å². The van der Waals surface area contributed by atoms with Crippen LogP contribution in [0.25, 0.3) is 11.3 Å². The van der Waals surface area contributed by atoms with Crippen LogP contribution in [0.1, 0.15) is 28.4 Å². The van der Waals surface area contributed by atoms with Crippen molar-refractivity contribution in [3.8, 4) is 17.0 Å². The summed E-state index contributed by atoms with van der Waals surface area (Å²) in [5.74, 6) is -0.946. The minimum absolute atomic E-state index is 0.183. The van der Waals surface area contributed by atoms with Crippen LogP contribution in [0.2, 0.25) is 0 Å². The molecule has 0 saturated carbocycles. The first-order valence-electron chi connectivity index (χ1n) is 10.3. The molecule has 2 heterocycles. The molecule has 0 radical (unpaired) electrons. The van der Waals surface area contributed by atoms with Crippen LogP contribution in [0.5, 0.6) is 5.75 Å². The quantitative estimate of drug-likeness (QED) is 0.521. The fourth-order valence-corrected chi connectivity index (χ4v) is 4.32. The van der Waals surface area contributed by atoms with Crippen LogP contribution in [-0.4, -0.2) is 42.7 Å². The summed E-state index contributed by atoms with van der Waals surface area (Å²) in [5.41, 5.74) is 3.17. The smallest absolute Gasteiger partial charge is 0.425 e. The largest absolute Gasteiger partial charge is 0.480 e. The molecule has 34 heavy (non-hydrogen) atoms. The Morgan fingerprint density at radius 3 is 2.44 bits per heavy atom. The zero-order valence-electron chi connectivity index (χ0n) is 18.3. The molecule has 178 valence electrons. The topological polar surface area (TPSA) is 76.6 Å². The summed E-state index contributed by atoms with van der Waals surface area (Å²) in [5, 5.41) is 0. The number of carbonyl (C=O) groups excluding carboxylic acids is 1. The lowest BCUT2D eigenvalue weighted by atomic mass is 10.0. The Labute approximate surface area is 194 Å². The van der Waals surface area contributed by atoms with Crippen LogP contribution >= 0.6 is 0 Å². The van der Waals surface area contributed by atoms with E-state index in [1.165, 1.54) is 4.90 Å². The molecule has 0 saturated heterocycles. The second kappa shape index (κ2) is 8.75. The summed E-state index contributed by atoms with van der Waals surface area (Å²) in [6, 6.07) is 14.5. The minimum Gasteiger partial charge on any atom is -0.480 e. The maximum atomic E-state index is 13.4. The van der Waals surface area contributed by atoms with Crippen molar-refractivity contribution in [3.63, 3.8) is 0 Å². The Morgan fingerprint density at radius 1 is 1.06 bits per heavy atom. The normalized spacial score (nSPS) is 14.6. The molecule has 0 bridgehead atoms. The van der Waals surface area contributed by atoms with Crippen LogP contribution in [0.4, 0.5) is 13.2 Å². The predicted molar refractivity (Wildman–Crippen MR) is 119 cm³/mol. The first-order valence-corrected chi connectivity index (χ1v) is 12.2. The number of alkyl halides is 3. The number of aromatic nitrogens is 1. The molecule has 4 rings (SSSR count). The lowest BCUT2D eigenvalue weighted by Crippen LogP contribution is -2.32. The minimum atomic E-state index is -4.65. The van der Waals surface area contributed by atoms with Gasteiger partial charge >= 0.3 is 6.18 Å². The van der Waals surface area contributed by atoms with E-state index in [2.05, 4.69) is 4.98 Å². The van der Waals surface area contributed by atoms with Gasteiger partial charge in [-0.05, 0) is 54.4 Å². The lowest BCUT2D eigenvalue weighted by molar-refractivity contribution is -0.189. The number of rotatable bonds is 5. The second-order valence-corrected chi connectivity index (χ2v) is 10.1. The summed E-state index contributed by atoms with van der Waals surface area (Å²) < 4.78 is 68.3. The molecular formula is C24H21F3N2O4S. The van der Waals surface area contributed by atoms with Gasteiger partial charge in [-0.1, -0.05) is 18.2 Å². The summed E-state index contributed by atoms with van der Waals surface area (Å²) in [7, 11) is -3.70. The zero-order valence-corrected chi connectivity index (χ0v) is 19.2. The molecule has 1 amide bonds. The monoisotopic (exact) mass is 490 g/mol. The van der Waals surface area contributed by atoms with Crippen molar-refractivity contribution in [1.29, 1.82) is 0 Å². The van der Waals surface area contributed by atoms with Gasteiger partial charge in [0, 0.05) is 31.1 Å². The Kier molecular flexibility index (Phi) is 6.11. The molecule has 1 aliphatic heterocycles. The molecule has 0 aliphatic carbocycles. The third kappa shape index (κ3) is 4.91. The van der Waals surface area contributed by atoms with E-state index in [4.69, 9.17) is 4.74 Å². The van der Waals surface area contributed by atoms with Crippen LogP contribution in [-0.2, 0) is 22.9 Å². The van der Waals surface area contributed by atoms with E-state index in [1.807, 2.05) is 30.3 Å². The van der Waals surface area contributed by atoms with Gasteiger partial charge in [0.2, 0.25) is 0 Å². The van der Waals surface area contributed by atoms with Gasteiger partial charge in [0.1, 0.15) is 5.75 Å². The number of benzene rings is 2. The number of pyridine rings is 1. The fraction of sp³-hybridized carbons (Fsp3) is 0.250. The van der Waals surface area contributed by atoms with E-state index < -0.39 is 28.0 Å². The molecule has 1 aliphatic rings. The van der Waals surface area contributed by atoms with Crippen LogP contribution in [0, 0.1) is 0 Å². The highest BCUT2D eigenvalue weighted by Gasteiger charge is 2.39. The van der Waals surface area contributed by atoms with Crippen molar-refractivity contribution in [2.75, 3.05) is 6.26 Å². The highest BCUT2D eigenvalue weighted by Crippen LogP contribution is 2.33. The number of sulfone groups is 1. The number of ether oxygens (including phenoxy) is 1. The lowest BCUT2D eigenvalue weighted by Gasteiger charge is -2.22.